The van der Waals surface area contributed by atoms with Crippen molar-refractivity contribution < 1.29 is 31.4 Å². The van der Waals surface area contributed by atoms with Crippen LogP contribution in [0.15, 0.2) is 47.5 Å². The number of hydrogen-bond donors (Lipinski definition) is 0. The lowest BCUT2D eigenvalue weighted by atomic mass is 10.2. The summed E-state index contributed by atoms with van der Waals surface area (Å²) in [6, 6.07) is 5.76. The fourth-order valence-corrected chi connectivity index (χ4v) is 2.49. The van der Waals surface area contributed by atoms with Gasteiger partial charge in [-0.2, -0.15) is 23.3 Å². The molecule has 0 bridgehead atoms. The number of hydrogen-bond acceptors (Lipinski definition) is 5. The van der Waals surface area contributed by atoms with Crippen molar-refractivity contribution in [3.05, 3.63) is 53.1 Å². The molecule has 0 aliphatic rings. The van der Waals surface area contributed by atoms with E-state index in [4.69, 9.17) is 4.74 Å². The molecule has 0 aliphatic carbocycles. The molecule has 2 aromatic heterocycles. The van der Waals surface area contributed by atoms with Gasteiger partial charge in [-0.25, -0.2) is 13.3 Å². The summed E-state index contributed by atoms with van der Waals surface area (Å²) in [5, 5.41) is 3.96. The highest BCUT2D eigenvalue weighted by Crippen LogP contribution is 2.23. The fourth-order valence-electron chi connectivity index (χ4n) is 2.49. The Morgan fingerprint density at radius 2 is 1.83 bits per heavy atom. The molecule has 2 heterocycles. The Kier molecular flexibility index (Phi) is 6.04. The number of nitrogens with zero attached hydrogens (tertiary/aromatic N) is 4. The van der Waals surface area contributed by atoms with E-state index >= 15 is 0 Å². The zero-order valence-corrected chi connectivity index (χ0v) is 15.4. The number of rotatable bonds is 7. The summed E-state index contributed by atoms with van der Waals surface area (Å²) in [4.78, 5) is 16.8. The summed E-state index contributed by atoms with van der Waals surface area (Å²) < 4.78 is 74.1. The van der Waals surface area contributed by atoms with Crippen LogP contribution in [0.2, 0.25) is 0 Å². The van der Waals surface area contributed by atoms with E-state index in [-0.39, 0.29) is 17.1 Å². The van der Waals surface area contributed by atoms with Crippen molar-refractivity contribution in [3.63, 3.8) is 0 Å². The van der Waals surface area contributed by atoms with Crippen molar-refractivity contribution in [1.82, 2.24) is 19.3 Å². The summed E-state index contributed by atoms with van der Waals surface area (Å²) in [5.74, 6) is -0.0842. The van der Waals surface area contributed by atoms with E-state index in [9.17, 15) is 26.7 Å². The van der Waals surface area contributed by atoms with Gasteiger partial charge in [-0.05, 0) is 24.3 Å². The third kappa shape index (κ3) is 5.33. The number of aryl methyl sites for hydroxylation is 1. The summed E-state index contributed by atoms with van der Waals surface area (Å²) in [6.45, 7) is -2.48. The Labute approximate surface area is 166 Å². The van der Waals surface area contributed by atoms with Gasteiger partial charge in [0.2, 0.25) is 0 Å². The minimum Gasteiger partial charge on any atom is -0.484 e. The Bertz CT molecular complexity index is 1060. The van der Waals surface area contributed by atoms with E-state index < -0.39 is 37.4 Å². The first-order chi connectivity index (χ1) is 14.1. The van der Waals surface area contributed by atoms with Crippen molar-refractivity contribution in [2.45, 2.75) is 12.6 Å². The van der Waals surface area contributed by atoms with Gasteiger partial charge in [0.1, 0.15) is 5.75 Å². The molecule has 0 radical (unpaired) electrons. The zero-order valence-electron chi connectivity index (χ0n) is 15.4. The highest BCUT2D eigenvalue weighted by Gasteiger charge is 2.28. The molecule has 1 aromatic carbocycles. The Hall–Kier alpha value is -3.44. The minimum absolute atomic E-state index is 0.0842. The SMILES string of the molecule is Cn1cc(-c2cc(=O)n(-c3ccc(OCC(F)(F)F)cc3)c(OCC(F)F)n2)cn1. The van der Waals surface area contributed by atoms with Gasteiger partial charge >= 0.3 is 12.2 Å². The van der Waals surface area contributed by atoms with Crippen LogP contribution in [0.25, 0.3) is 16.9 Å². The molecule has 0 fully saturated rings. The average Bonchev–Trinajstić information content (AvgIpc) is 3.11. The molecule has 0 saturated heterocycles. The second kappa shape index (κ2) is 8.51. The predicted octanol–water partition coefficient (Wildman–Crippen LogP) is 3.22. The molecule has 3 aromatic rings. The topological polar surface area (TPSA) is 71.2 Å². The molecule has 0 aliphatic heterocycles. The number of halogens is 5. The fraction of sp³-hybridized carbons (Fsp3) is 0.278. The first kappa shape index (κ1) is 21.3. The zero-order chi connectivity index (χ0) is 21.9. The Balaban J connectivity index is 1.97. The van der Waals surface area contributed by atoms with Gasteiger partial charge in [-0.3, -0.25) is 9.48 Å². The van der Waals surface area contributed by atoms with E-state index in [2.05, 4.69) is 14.8 Å². The lowest BCUT2D eigenvalue weighted by Crippen LogP contribution is -2.23. The number of benzene rings is 1. The van der Waals surface area contributed by atoms with Crippen LogP contribution in [-0.2, 0) is 7.05 Å². The molecular weight excluding hydrogens is 415 g/mol. The van der Waals surface area contributed by atoms with E-state index in [0.717, 1.165) is 4.57 Å². The Morgan fingerprint density at radius 1 is 1.13 bits per heavy atom. The molecule has 7 nitrogen and oxygen atoms in total. The third-order valence-electron chi connectivity index (χ3n) is 3.72. The summed E-state index contributed by atoms with van der Waals surface area (Å²) in [5.41, 5.74) is 0.143. The molecule has 160 valence electrons. The molecule has 12 heteroatoms. The highest BCUT2D eigenvalue weighted by atomic mass is 19.4. The van der Waals surface area contributed by atoms with Crippen molar-refractivity contribution in [2.75, 3.05) is 13.2 Å². The van der Waals surface area contributed by atoms with E-state index in [1.54, 1.807) is 13.2 Å². The van der Waals surface area contributed by atoms with Gasteiger partial charge in [0.25, 0.3) is 12.0 Å². The summed E-state index contributed by atoms with van der Waals surface area (Å²) >= 11 is 0. The predicted molar refractivity (Wildman–Crippen MR) is 95.1 cm³/mol. The minimum atomic E-state index is -4.50. The van der Waals surface area contributed by atoms with Crippen molar-refractivity contribution in [3.8, 4) is 28.7 Å². The number of alkyl halides is 5. The van der Waals surface area contributed by atoms with E-state index in [1.807, 2.05) is 0 Å². The van der Waals surface area contributed by atoms with Gasteiger partial charge in [0.15, 0.2) is 13.2 Å². The molecule has 0 amide bonds. The second-order valence-corrected chi connectivity index (χ2v) is 6.10. The van der Waals surface area contributed by atoms with Gasteiger partial charge in [0.05, 0.1) is 17.6 Å². The molecule has 0 N–H and O–H groups in total. The molecule has 0 unspecified atom stereocenters. The largest absolute Gasteiger partial charge is 0.484 e. The second-order valence-electron chi connectivity index (χ2n) is 6.10. The number of ether oxygens (including phenoxy) is 2. The maximum absolute atomic E-state index is 12.7. The maximum atomic E-state index is 12.7. The molecular formula is C18H15F5N4O3. The first-order valence-corrected chi connectivity index (χ1v) is 8.46. The van der Waals surface area contributed by atoms with Crippen LogP contribution in [0.1, 0.15) is 0 Å². The van der Waals surface area contributed by atoms with Crippen LogP contribution in [0.3, 0.4) is 0 Å². The van der Waals surface area contributed by atoms with Crippen molar-refractivity contribution in [1.29, 1.82) is 0 Å². The lowest BCUT2D eigenvalue weighted by molar-refractivity contribution is -0.153. The van der Waals surface area contributed by atoms with Gasteiger partial charge in [-0.15, -0.1) is 0 Å². The lowest BCUT2D eigenvalue weighted by Gasteiger charge is -2.14. The molecule has 0 spiro atoms. The van der Waals surface area contributed by atoms with Gasteiger partial charge < -0.3 is 9.47 Å². The van der Waals surface area contributed by atoms with Crippen LogP contribution in [0, 0.1) is 0 Å². The van der Waals surface area contributed by atoms with Crippen LogP contribution >= 0.6 is 0 Å². The Morgan fingerprint density at radius 3 is 2.40 bits per heavy atom. The number of aromatic nitrogens is 4. The molecule has 30 heavy (non-hydrogen) atoms. The summed E-state index contributed by atoms with van der Waals surface area (Å²) in [6.07, 6.45) is -4.29. The summed E-state index contributed by atoms with van der Waals surface area (Å²) in [7, 11) is 1.65. The average molecular weight is 430 g/mol. The smallest absolute Gasteiger partial charge is 0.422 e. The van der Waals surface area contributed by atoms with E-state index in [1.165, 1.54) is 41.2 Å². The van der Waals surface area contributed by atoms with Crippen LogP contribution in [0.5, 0.6) is 11.8 Å². The standard InChI is InChI=1S/C18H15F5N4O3/c1-26-8-11(7-24-26)14-6-16(28)27(17(25-14)29-9-15(19)20)12-2-4-13(5-3-12)30-10-18(21,22)23/h2-8,15H,9-10H2,1H3. The quantitative estimate of drug-likeness (QED) is 0.539. The molecule has 0 saturated carbocycles. The molecule has 0 atom stereocenters. The van der Waals surface area contributed by atoms with Gasteiger partial charge in [0, 0.05) is 24.9 Å². The van der Waals surface area contributed by atoms with Crippen LogP contribution < -0.4 is 15.0 Å². The third-order valence-corrected chi connectivity index (χ3v) is 3.72. The normalized spacial score (nSPS) is 11.7. The molecule has 3 rings (SSSR count). The first-order valence-electron chi connectivity index (χ1n) is 8.46. The maximum Gasteiger partial charge on any atom is 0.422 e. The van der Waals surface area contributed by atoms with Crippen LogP contribution in [0.4, 0.5) is 22.0 Å². The van der Waals surface area contributed by atoms with Gasteiger partial charge in [-0.1, -0.05) is 0 Å². The van der Waals surface area contributed by atoms with Crippen molar-refractivity contribution in [2.24, 2.45) is 7.05 Å². The van der Waals surface area contributed by atoms with E-state index in [0.29, 0.717) is 5.56 Å². The monoisotopic (exact) mass is 430 g/mol. The highest BCUT2D eigenvalue weighted by molar-refractivity contribution is 5.57. The van der Waals surface area contributed by atoms with Crippen LogP contribution in [-0.4, -0.2) is 45.1 Å². The van der Waals surface area contributed by atoms with Crippen molar-refractivity contribution >= 4 is 0 Å².